The molecule has 0 aliphatic carbocycles. The monoisotopic (exact) mass is 382 g/mol. The lowest BCUT2D eigenvalue weighted by Gasteiger charge is -2.35. The standard InChI is InChI=1S/C20H31FN2O4/c1-4-17(5-2)22-9-10-23(19(24)12-26-3)14-20(25,13-22)15-27-18-8-6-7-16(21)11-18/h6-8,11,17,25H,4-5,9-10,12-15H2,1-3H3/t20-/m1/s1. The van der Waals surface area contributed by atoms with Crippen molar-refractivity contribution < 1.29 is 23.8 Å². The highest BCUT2D eigenvalue weighted by Crippen LogP contribution is 2.22. The number of aliphatic hydroxyl groups is 1. The summed E-state index contributed by atoms with van der Waals surface area (Å²) in [5, 5.41) is 11.3. The second-order valence-electron chi connectivity index (χ2n) is 7.16. The molecule has 1 aliphatic rings. The first kappa shape index (κ1) is 21.6. The average Bonchev–Trinajstić information content (AvgIpc) is 2.81. The Bertz CT molecular complexity index is 611. The SMILES string of the molecule is CCC(CC)N1CCN(C(=O)COC)C[C@@](O)(COc2cccc(F)c2)C1. The number of nitrogens with zero attached hydrogens (tertiary/aromatic N) is 2. The Morgan fingerprint density at radius 1 is 1.30 bits per heavy atom. The number of halogens is 1. The molecular weight excluding hydrogens is 351 g/mol. The lowest BCUT2D eigenvalue weighted by molar-refractivity contribution is -0.138. The van der Waals surface area contributed by atoms with E-state index >= 15 is 0 Å². The third-order valence-corrected chi connectivity index (χ3v) is 5.02. The van der Waals surface area contributed by atoms with Crippen molar-refractivity contribution in [1.29, 1.82) is 0 Å². The maximum atomic E-state index is 13.4. The minimum absolute atomic E-state index is 0.0220. The van der Waals surface area contributed by atoms with Crippen LogP contribution in [0.25, 0.3) is 0 Å². The first-order valence-corrected chi connectivity index (χ1v) is 9.52. The molecule has 6 nitrogen and oxygen atoms in total. The van der Waals surface area contributed by atoms with Crippen LogP contribution in [0.5, 0.6) is 5.75 Å². The van der Waals surface area contributed by atoms with Gasteiger partial charge >= 0.3 is 0 Å². The number of benzene rings is 1. The summed E-state index contributed by atoms with van der Waals surface area (Å²) in [5.41, 5.74) is -1.26. The molecule has 27 heavy (non-hydrogen) atoms. The van der Waals surface area contributed by atoms with Gasteiger partial charge in [-0.1, -0.05) is 19.9 Å². The summed E-state index contributed by atoms with van der Waals surface area (Å²) in [6, 6.07) is 6.16. The van der Waals surface area contributed by atoms with Crippen LogP contribution >= 0.6 is 0 Å². The van der Waals surface area contributed by atoms with E-state index in [2.05, 4.69) is 18.7 Å². The Morgan fingerprint density at radius 2 is 2.04 bits per heavy atom. The maximum absolute atomic E-state index is 13.4. The molecule has 1 amide bonds. The number of amides is 1. The quantitative estimate of drug-likeness (QED) is 0.744. The summed E-state index contributed by atoms with van der Waals surface area (Å²) < 4.78 is 24.0. The van der Waals surface area contributed by atoms with Gasteiger partial charge in [-0.15, -0.1) is 0 Å². The second kappa shape index (κ2) is 10.0. The van der Waals surface area contributed by atoms with E-state index in [1.54, 1.807) is 17.0 Å². The molecule has 0 spiro atoms. The van der Waals surface area contributed by atoms with Crippen LogP contribution in [0.1, 0.15) is 26.7 Å². The number of methoxy groups -OCH3 is 1. The molecule has 1 aromatic carbocycles. The number of β-amino-alcohol motifs (C(OH)–C–C–N with tert-alkyl or cyclic N) is 1. The van der Waals surface area contributed by atoms with Crippen molar-refractivity contribution in [3.8, 4) is 5.75 Å². The average molecular weight is 382 g/mol. The van der Waals surface area contributed by atoms with E-state index < -0.39 is 11.4 Å². The number of hydrogen-bond acceptors (Lipinski definition) is 5. The van der Waals surface area contributed by atoms with E-state index in [1.165, 1.54) is 19.2 Å². The second-order valence-corrected chi connectivity index (χ2v) is 7.16. The Morgan fingerprint density at radius 3 is 2.67 bits per heavy atom. The lowest BCUT2D eigenvalue weighted by atomic mass is 10.0. The lowest BCUT2D eigenvalue weighted by Crippen LogP contribution is -2.53. The molecule has 0 radical (unpaired) electrons. The van der Waals surface area contributed by atoms with Gasteiger partial charge in [0.1, 0.15) is 30.4 Å². The molecular formula is C20H31FN2O4. The third kappa shape index (κ3) is 6.16. The Labute approximate surface area is 160 Å². The van der Waals surface area contributed by atoms with E-state index in [0.717, 1.165) is 12.8 Å². The van der Waals surface area contributed by atoms with Gasteiger partial charge in [-0.05, 0) is 25.0 Å². The van der Waals surface area contributed by atoms with Gasteiger partial charge in [-0.25, -0.2) is 4.39 Å². The first-order chi connectivity index (χ1) is 12.9. The van der Waals surface area contributed by atoms with Gasteiger partial charge < -0.3 is 19.5 Å². The first-order valence-electron chi connectivity index (χ1n) is 9.52. The van der Waals surface area contributed by atoms with Crippen LogP contribution in [0.4, 0.5) is 4.39 Å². The van der Waals surface area contributed by atoms with Gasteiger partial charge in [0.15, 0.2) is 0 Å². The van der Waals surface area contributed by atoms with E-state index in [1.807, 2.05) is 0 Å². The molecule has 1 aliphatic heterocycles. The topological polar surface area (TPSA) is 62.2 Å². The molecule has 2 rings (SSSR count). The number of hydrogen-bond donors (Lipinski definition) is 1. The van der Waals surface area contributed by atoms with Gasteiger partial charge in [0, 0.05) is 38.9 Å². The maximum Gasteiger partial charge on any atom is 0.248 e. The normalized spacial score (nSPS) is 21.3. The van der Waals surface area contributed by atoms with Gasteiger partial charge in [0.2, 0.25) is 5.91 Å². The van der Waals surface area contributed by atoms with Crippen molar-refractivity contribution in [2.45, 2.75) is 38.3 Å². The molecule has 1 N–H and O–H groups in total. The highest BCUT2D eigenvalue weighted by molar-refractivity contribution is 5.77. The molecule has 1 saturated heterocycles. The van der Waals surface area contributed by atoms with Crippen LogP contribution in [0.2, 0.25) is 0 Å². The van der Waals surface area contributed by atoms with Crippen LogP contribution in [0.15, 0.2) is 24.3 Å². The number of carbonyl (C=O) groups is 1. The molecule has 0 unspecified atom stereocenters. The zero-order chi connectivity index (χ0) is 19.9. The number of ether oxygens (including phenoxy) is 2. The molecule has 1 heterocycles. The Kier molecular flexibility index (Phi) is 8.01. The fourth-order valence-electron chi connectivity index (χ4n) is 3.60. The summed E-state index contributed by atoms with van der Waals surface area (Å²) in [6.07, 6.45) is 1.92. The molecule has 1 aromatic rings. The Balaban J connectivity index is 2.16. The molecule has 0 saturated carbocycles. The molecule has 1 fully saturated rings. The molecule has 1 atom stereocenters. The fourth-order valence-corrected chi connectivity index (χ4v) is 3.60. The van der Waals surface area contributed by atoms with E-state index in [-0.39, 0.29) is 25.7 Å². The van der Waals surface area contributed by atoms with Crippen LogP contribution in [-0.2, 0) is 9.53 Å². The summed E-state index contributed by atoms with van der Waals surface area (Å²) in [5.74, 6) is -0.194. The summed E-state index contributed by atoms with van der Waals surface area (Å²) in [7, 11) is 1.48. The highest BCUT2D eigenvalue weighted by Gasteiger charge is 2.38. The Hall–Kier alpha value is -1.70. The minimum atomic E-state index is -1.26. The largest absolute Gasteiger partial charge is 0.490 e. The minimum Gasteiger partial charge on any atom is -0.490 e. The predicted molar refractivity (Wildman–Crippen MR) is 101 cm³/mol. The van der Waals surface area contributed by atoms with Crippen LogP contribution in [0, 0.1) is 5.82 Å². The van der Waals surface area contributed by atoms with Crippen LogP contribution in [-0.4, -0.2) is 79.0 Å². The van der Waals surface area contributed by atoms with E-state index in [9.17, 15) is 14.3 Å². The van der Waals surface area contributed by atoms with Crippen molar-refractivity contribution in [3.63, 3.8) is 0 Å². The van der Waals surface area contributed by atoms with Gasteiger partial charge in [-0.3, -0.25) is 9.69 Å². The third-order valence-electron chi connectivity index (χ3n) is 5.02. The van der Waals surface area contributed by atoms with Crippen LogP contribution in [0.3, 0.4) is 0 Å². The highest BCUT2D eigenvalue weighted by atomic mass is 19.1. The fraction of sp³-hybridized carbons (Fsp3) is 0.650. The van der Waals surface area contributed by atoms with Crippen molar-refractivity contribution in [2.24, 2.45) is 0 Å². The molecule has 0 aromatic heterocycles. The van der Waals surface area contributed by atoms with E-state index in [4.69, 9.17) is 9.47 Å². The van der Waals surface area contributed by atoms with Gasteiger partial charge in [0.25, 0.3) is 0 Å². The number of rotatable bonds is 8. The van der Waals surface area contributed by atoms with Gasteiger partial charge in [-0.2, -0.15) is 0 Å². The smallest absolute Gasteiger partial charge is 0.248 e. The van der Waals surface area contributed by atoms with Crippen molar-refractivity contribution in [2.75, 3.05) is 46.5 Å². The zero-order valence-corrected chi connectivity index (χ0v) is 16.5. The van der Waals surface area contributed by atoms with E-state index in [0.29, 0.717) is 31.4 Å². The summed E-state index contributed by atoms with van der Waals surface area (Å²) in [4.78, 5) is 16.2. The zero-order valence-electron chi connectivity index (χ0n) is 16.5. The summed E-state index contributed by atoms with van der Waals surface area (Å²) >= 11 is 0. The summed E-state index contributed by atoms with van der Waals surface area (Å²) in [6.45, 7) is 5.96. The van der Waals surface area contributed by atoms with Crippen LogP contribution < -0.4 is 4.74 Å². The number of carbonyl (C=O) groups excluding carboxylic acids is 1. The van der Waals surface area contributed by atoms with Crippen molar-refractivity contribution in [3.05, 3.63) is 30.1 Å². The van der Waals surface area contributed by atoms with Crippen molar-refractivity contribution >= 4 is 5.91 Å². The molecule has 0 bridgehead atoms. The van der Waals surface area contributed by atoms with Gasteiger partial charge in [0.05, 0.1) is 6.54 Å². The van der Waals surface area contributed by atoms with Crippen molar-refractivity contribution in [1.82, 2.24) is 9.80 Å². The molecule has 152 valence electrons. The molecule has 7 heteroatoms. The predicted octanol–water partition coefficient (Wildman–Crippen LogP) is 1.91.